The van der Waals surface area contributed by atoms with Gasteiger partial charge in [-0.15, -0.1) is 0 Å². The number of rotatable bonds is 4. The van der Waals surface area contributed by atoms with Crippen LogP contribution < -0.4 is 5.32 Å². The smallest absolute Gasteiger partial charge is 0.245 e. The Hall–Kier alpha value is -2.10. The molecule has 1 aliphatic heterocycles. The van der Waals surface area contributed by atoms with Crippen molar-refractivity contribution in [2.45, 2.75) is 25.9 Å². The van der Waals surface area contributed by atoms with Gasteiger partial charge in [-0.05, 0) is 30.4 Å². The van der Waals surface area contributed by atoms with Crippen molar-refractivity contribution in [1.82, 2.24) is 9.27 Å². The highest BCUT2D eigenvalue weighted by Crippen LogP contribution is 2.29. The predicted octanol–water partition coefficient (Wildman–Crippen LogP) is 3.19. The lowest BCUT2D eigenvalue weighted by Crippen LogP contribution is -2.33. The Balaban J connectivity index is 1.67. The highest BCUT2D eigenvalue weighted by Gasteiger charge is 2.32. The zero-order valence-electron chi connectivity index (χ0n) is 12.5. The van der Waals surface area contributed by atoms with E-state index in [0.29, 0.717) is 30.1 Å². The van der Waals surface area contributed by atoms with Crippen LogP contribution in [0.1, 0.15) is 23.1 Å². The van der Waals surface area contributed by atoms with Crippen molar-refractivity contribution in [2.75, 3.05) is 11.9 Å². The van der Waals surface area contributed by atoms with E-state index in [1.54, 1.807) is 0 Å². The molecule has 0 saturated carbocycles. The molecule has 0 radical (unpaired) electrons. The monoisotopic (exact) mass is 346 g/mol. The fourth-order valence-electron chi connectivity index (χ4n) is 2.57. The Labute approximate surface area is 143 Å². The van der Waals surface area contributed by atoms with Gasteiger partial charge in [-0.3, -0.25) is 4.79 Å². The molecule has 2 heterocycles. The summed E-state index contributed by atoms with van der Waals surface area (Å²) in [5.41, 5.74) is 2.62. The molecule has 0 aliphatic carbocycles. The lowest BCUT2D eigenvalue weighted by atomic mass is 10.1. The number of hydrogen-bond donors (Lipinski definition) is 1. The van der Waals surface area contributed by atoms with Gasteiger partial charge in [0.05, 0.1) is 0 Å². The molecule has 1 aromatic carbocycles. The summed E-state index contributed by atoms with van der Waals surface area (Å²) >= 11 is 6.97. The van der Waals surface area contributed by atoms with E-state index in [0.717, 1.165) is 17.1 Å². The van der Waals surface area contributed by atoms with Crippen molar-refractivity contribution in [2.24, 2.45) is 0 Å². The molecule has 1 fully saturated rings. The molecule has 23 heavy (non-hydrogen) atoms. The zero-order valence-corrected chi connectivity index (χ0v) is 14.1. The van der Waals surface area contributed by atoms with Crippen LogP contribution in [0.15, 0.2) is 24.3 Å². The average Bonchev–Trinajstić information content (AvgIpc) is 3.06. The van der Waals surface area contributed by atoms with E-state index in [-0.39, 0.29) is 17.1 Å². The predicted molar refractivity (Wildman–Crippen MR) is 90.5 cm³/mol. The highest BCUT2D eigenvalue weighted by molar-refractivity contribution is 7.10. The number of nitrogens with zero attached hydrogens (tertiary/aromatic N) is 3. The minimum Gasteiger partial charge on any atom is -0.363 e. The number of carbonyl (C=O) groups excluding carboxylic acids is 1. The first-order valence-corrected chi connectivity index (χ1v) is 8.39. The van der Waals surface area contributed by atoms with Gasteiger partial charge in [0.2, 0.25) is 5.91 Å². The van der Waals surface area contributed by atoms with Gasteiger partial charge in [-0.25, -0.2) is 0 Å². The van der Waals surface area contributed by atoms with Gasteiger partial charge in [0.1, 0.15) is 22.7 Å². The molecule has 2 aromatic rings. The third kappa shape index (κ3) is 3.31. The Morgan fingerprint density at radius 2 is 2.22 bits per heavy atom. The highest BCUT2D eigenvalue weighted by atomic mass is 35.5. The van der Waals surface area contributed by atoms with Gasteiger partial charge in [-0.1, -0.05) is 41.4 Å². The number of aryl methyl sites for hydroxylation is 1. The third-order valence-corrected chi connectivity index (χ3v) is 5.01. The summed E-state index contributed by atoms with van der Waals surface area (Å²) in [5, 5.41) is 13.0. The quantitative estimate of drug-likeness (QED) is 0.923. The first-order valence-electron chi connectivity index (χ1n) is 7.24. The van der Waals surface area contributed by atoms with E-state index in [4.69, 9.17) is 16.9 Å². The maximum atomic E-state index is 12.5. The summed E-state index contributed by atoms with van der Waals surface area (Å²) in [6.45, 7) is 3.34. The van der Waals surface area contributed by atoms with Gasteiger partial charge in [-0.2, -0.15) is 9.64 Å². The molecule has 1 aliphatic rings. The van der Waals surface area contributed by atoms with Gasteiger partial charge in [0.15, 0.2) is 5.15 Å². The second kappa shape index (κ2) is 6.57. The van der Waals surface area contributed by atoms with Crippen LogP contribution in [0.2, 0.25) is 5.15 Å². The number of benzene rings is 1. The van der Waals surface area contributed by atoms with Crippen molar-refractivity contribution in [3.63, 3.8) is 0 Å². The summed E-state index contributed by atoms with van der Waals surface area (Å²) in [6, 6.07) is 9.86. The Morgan fingerprint density at radius 1 is 1.48 bits per heavy atom. The van der Waals surface area contributed by atoms with Crippen LogP contribution in [0, 0.1) is 18.3 Å². The standard InChI is InChI=1S/C16H15ClN4OS/c1-10-2-4-11(5-3-10)9-21-7-6-13(16(21)22)19-15-12(8-18)14(17)20-23-15/h2-5,13,19H,6-7,9H2,1H3. The Morgan fingerprint density at radius 3 is 2.91 bits per heavy atom. The molecule has 1 unspecified atom stereocenters. The summed E-state index contributed by atoms with van der Waals surface area (Å²) in [4.78, 5) is 14.3. The van der Waals surface area contributed by atoms with Crippen molar-refractivity contribution in [1.29, 1.82) is 5.26 Å². The molecule has 1 saturated heterocycles. The molecule has 1 amide bonds. The van der Waals surface area contributed by atoms with Crippen molar-refractivity contribution < 1.29 is 4.79 Å². The normalized spacial score (nSPS) is 17.3. The molecule has 0 bridgehead atoms. The number of hydrogen-bond acceptors (Lipinski definition) is 5. The number of anilines is 1. The fourth-order valence-corrected chi connectivity index (χ4v) is 3.56. The van der Waals surface area contributed by atoms with Crippen LogP contribution in [0.4, 0.5) is 5.00 Å². The molecular formula is C16H15ClN4OS. The SMILES string of the molecule is Cc1ccc(CN2CCC(Nc3snc(Cl)c3C#N)C2=O)cc1. The van der Waals surface area contributed by atoms with Crippen LogP contribution in [0.25, 0.3) is 0 Å². The van der Waals surface area contributed by atoms with Gasteiger partial charge in [0, 0.05) is 13.1 Å². The molecule has 7 heteroatoms. The maximum Gasteiger partial charge on any atom is 0.245 e. The van der Waals surface area contributed by atoms with E-state index >= 15 is 0 Å². The van der Waals surface area contributed by atoms with E-state index in [1.165, 1.54) is 5.56 Å². The van der Waals surface area contributed by atoms with Crippen LogP contribution >= 0.6 is 23.1 Å². The summed E-state index contributed by atoms with van der Waals surface area (Å²) in [6.07, 6.45) is 0.699. The van der Waals surface area contributed by atoms with Crippen molar-refractivity contribution in [3.8, 4) is 6.07 Å². The molecule has 0 spiro atoms. The van der Waals surface area contributed by atoms with E-state index in [1.807, 2.05) is 42.2 Å². The number of nitrogens with one attached hydrogen (secondary N) is 1. The molecule has 3 rings (SSSR count). The first kappa shape index (κ1) is 15.8. The van der Waals surface area contributed by atoms with Crippen LogP contribution in [0.5, 0.6) is 0 Å². The minimum absolute atomic E-state index is 0.0407. The second-order valence-corrected chi connectivity index (χ2v) is 6.65. The number of likely N-dealkylation sites (tertiary alicyclic amines) is 1. The third-order valence-electron chi connectivity index (χ3n) is 3.86. The average molecular weight is 347 g/mol. The number of amides is 1. The molecule has 1 N–H and O–H groups in total. The fraction of sp³-hybridized carbons (Fsp3) is 0.312. The number of halogens is 1. The lowest BCUT2D eigenvalue weighted by molar-refractivity contribution is -0.128. The maximum absolute atomic E-state index is 12.5. The van der Waals surface area contributed by atoms with Crippen LogP contribution in [0.3, 0.4) is 0 Å². The second-order valence-electron chi connectivity index (χ2n) is 5.52. The first-order chi connectivity index (χ1) is 11.1. The largest absolute Gasteiger partial charge is 0.363 e. The summed E-state index contributed by atoms with van der Waals surface area (Å²) < 4.78 is 3.95. The molecule has 1 aromatic heterocycles. The summed E-state index contributed by atoms with van der Waals surface area (Å²) in [5.74, 6) is 0.0407. The van der Waals surface area contributed by atoms with Crippen LogP contribution in [-0.4, -0.2) is 27.8 Å². The molecular weight excluding hydrogens is 332 g/mol. The van der Waals surface area contributed by atoms with E-state index in [9.17, 15) is 4.79 Å². The Kier molecular flexibility index (Phi) is 4.51. The van der Waals surface area contributed by atoms with Crippen molar-refractivity contribution in [3.05, 3.63) is 46.1 Å². The molecule has 1 atom stereocenters. The molecule has 118 valence electrons. The Bertz CT molecular complexity index is 765. The van der Waals surface area contributed by atoms with E-state index < -0.39 is 0 Å². The zero-order chi connectivity index (χ0) is 16.4. The number of nitriles is 1. The summed E-state index contributed by atoms with van der Waals surface area (Å²) in [7, 11) is 0. The minimum atomic E-state index is -0.330. The van der Waals surface area contributed by atoms with Gasteiger partial charge in [0.25, 0.3) is 0 Å². The van der Waals surface area contributed by atoms with Crippen LogP contribution in [-0.2, 0) is 11.3 Å². The number of aromatic nitrogens is 1. The number of carbonyl (C=O) groups is 1. The lowest BCUT2D eigenvalue weighted by Gasteiger charge is -2.17. The molecule has 5 nitrogen and oxygen atoms in total. The van der Waals surface area contributed by atoms with Gasteiger partial charge >= 0.3 is 0 Å². The topological polar surface area (TPSA) is 69.0 Å². The van der Waals surface area contributed by atoms with Gasteiger partial charge < -0.3 is 10.2 Å². The van der Waals surface area contributed by atoms with Crippen molar-refractivity contribution >= 4 is 34.0 Å². The van der Waals surface area contributed by atoms with E-state index in [2.05, 4.69) is 9.69 Å².